The second kappa shape index (κ2) is 9.28. The van der Waals surface area contributed by atoms with Gasteiger partial charge < -0.3 is 14.8 Å². The third-order valence-electron chi connectivity index (χ3n) is 4.99. The average molecular weight is 419 g/mol. The lowest BCUT2D eigenvalue weighted by atomic mass is 9.98. The summed E-state index contributed by atoms with van der Waals surface area (Å²) < 4.78 is 37.5. The molecular formula is C21H26N2O5S. The van der Waals surface area contributed by atoms with Gasteiger partial charge in [0.2, 0.25) is 15.9 Å². The molecule has 1 atom stereocenters. The maximum absolute atomic E-state index is 12.8. The van der Waals surface area contributed by atoms with Crippen molar-refractivity contribution >= 4 is 21.6 Å². The van der Waals surface area contributed by atoms with Crippen LogP contribution in [0.4, 0.5) is 5.69 Å². The van der Waals surface area contributed by atoms with Crippen LogP contribution in [-0.2, 0) is 20.6 Å². The van der Waals surface area contributed by atoms with Crippen molar-refractivity contribution in [1.82, 2.24) is 4.31 Å². The first-order valence-electron chi connectivity index (χ1n) is 9.47. The van der Waals surface area contributed by atoms with Crippen molar-refractivity contribution in [3.8, 4) is 11.5 Å². The van der Waals surface area contributed by atoms with Crippen LogP contribution in [0.2, 0.25) is 0 Å². The van der Waals surface area contributed by atoms with Crippen LogP contribution in [0.25, 0.3) is 0 Å². The Hall–Kier alpha value is -2.58. The van der Waals surface area contributed by atoms with E-state index in [4.69, 9.17) is 9.47 Å². The summed E-state index contributed by atoms with van der Waals surface area (Å²) in [6, 6.07) is 14.2. The van der Waals surface area contributed by atoms with Gasteiger partial charge in [-0.25, -0.2) is 12.7 Å². The fourth-order valence-corrected chi connectivity index (χ4v) is 5.05. The van der Waals surface area contributed by atoms with Gasteiger partial charge in [-0.3, -0.25) is 4.79 Å². The van der Waals surface area contributed by atoms with Crippen LogP contribution in [0.1, 0.15) is 18.4 Å². The molecule has 0 aliphatic carbocycles. The van der Waals surface area contributed by atoms with Crippen molar-refractivity contribution in [2.45, 2.75) is 18.6 Å². The van der Waals surface area contributed by atoms with Crippen LogP contribution in [0.15, 0.2) is 48.5 Å². The number of piperidine rings is 1. The molecule has 0 radical (unpaired) electrons. The predicted molar refractivity (Wildman–Crippen MR) is 112 cm³/mol. The summed E-state index contributed by atoms with van der Waals surface area (Å²) >= 11 is 0. The average Bonchev–Trinajstić information content (AvgIpc) is 2.74. The zero-order chi connectivity index (χ0) is 20.9. The molecule has 0 unspecified atom stereocenters. The first-order valence-corrected chi connectivity index (χ1v) is 11.1. The summed E-state index contributed by atoms with van der Waals surface area (Å²) in [5.74, 6) is 0.430. The number of benzene rings is 2. The number of nitrogens with one attached hydrogen (secondary N) is 1. The number of ether oxygens (including phenoxy) is 2. The number of rotatable bonds is 7. The van der Waals surface area contributed by atoms with E-state index in [9.17, 15) is 13.2 Å². The van der Waals surface area contributed by atoms with Crippen molar-refractivity contribution in [2.24, 2.45) is 5.92 Å². The largest absolute Gasteiger partial charge is 0.493 e. The monoisotopic (exact) mass is 418 g/mol. The van der Waals surface area contributed by atoms with Gasteiger partial charge in [-0.15, -0.1) is 0 Å². The second-order valence-electron chi connectivity index (χ2n) is 7.00. The molecule has 2 aromatic rings. The second-order valence-corrected chi connectivity index (χ2v) is 8.97. The Bertz CT molecular complexity index is 947. The minimum absolute atomic E-state index is 0.0577. The highest BCUT2D eigenvalue weighted by Gasteiger charge is 2.32. The third-order valence-corrected chi connectivity index (χ3v) is 6.81. The Morgan fingerprint density at radius 3 is 2.52 bits per heavy atom. The van der Waals surface area contributed by atoms with Crippen LogP contribution in [-0.4, -0.2) is 45.9 Å². The molecule has 0 aromatic heterocycles. The van der Waals surface area contributed by atoms with Crippen LogP contribution < -0.4 is 14.8 Å². The van der Waals surface area contributed by atoms with E-state index in [2.05, 4.69) is 5.32 Å². The third kappa shape index (κ3) is 5.27. The summed E-state index contributed by atoms with van der Waals surface area (Å²) in [6.07, 6.45) is 1.30. The maximum atomic E-state index is 12.8. The minimum Gasteiger partial charge on any atom is -0.493 e. The molecule has 0 spiro atoms. The molecule has 156 valence electrons. The Morgan fingerprint density at radius 2 is 1.83 bits per heavy atom. The fourth-order valence-electron chi connectivity index (χ4n) is 3.44. The molecule has 1 heterocycles. The Labute approximate surface area is 171 Å². The van der Waals surface area contributed by atoms with Crippen LogP contribution in [0, 0.1) is 5.92 Å². The smallest absolute Gasteiger partial charge is 0.228 e. The number of nitrogens with zero attached hydrogens (tertiary/aromatic N) is 1. The van der Waals surface area contributed by atoms with E-state index in [-0.39, 0.29) is 18.2 Å². The first-order chi connectivity index (χ1) is 13.9. The first kappa shape index (κ1) is 21.1. The fraction of sp³-hybridized carbons (Fsp3) is 0.381. The van der Waals surface area contributed by atoms with E-state index < -0.39 is 15.9 Å². The van der Waals surface area contributed by atoms with Gasteiger partial charge >= 0.3 is 0 Å². The van der Waals surface area contributed by atoms with Gasteiger partial charge in [0.1, 0.15) is 0 Å². The van der Waals surface area contributed by atoms with Gasteiger partial charge in [0, 0.05) is 24.8 Å². The van der Waals surface area contributed by atoms with Gasteiger partial charge in [0.15, 0.2) is 11.5 Å². The number of methoxy groups -OCH3 is 2. The van der Waals surface area contributed by atoms with Crippen molar-refractivity contribution in [2.75, 3.05) is 32.6 Å². The van der Waals surface area contributed by atoms with E-state index in [1.54, 1.807) is 37.4 Å². The number of hydrogen-bond acceptors (Lipinski definition) is 5. The van der Waals surface area contributed by atoms with E-state index in [0.717, 1.165) is 5.56 Å². The van der Waals surface area contributed by atoms with Gasteiger partial charge in [-0.2, -0.15) is 0 Å². The van der Waals surface area contributed by atoms with E-state index in [0.29, 0.717) is 36.6 Å². The molecule has 0 bridgehead atoms. The topological polar surface area (TPSA) is 84.9 Å². The molecule has 2 aromatic carbocycles. The number of carbonyl (C=O) groups is 1. The molecule has 8 heteroatoms. The number of carbonyl (C=O) groups excluding carboxylic acids is 1. The SMILES string of the molecule is COc1ccc(NC(=O)[C@H]2CCCN(S(=O)(=O)Cc3ccccc3)C2)cc1OC. The van der Waals surface area contributed by atoms with Crippen molar-refractivity contribution in [3.05, 3.63) is 54.1 Å². The van der Waals surface area contributed by atoms with Gasteiger partial charge in [-0.05, 0) is 30.5 Å². The lowest BCUT2D eigenvalue weighted by Crippen LogP contribution is -2.44. The highest BCUT2D eigenvalue weighted by Crippen LogP contribution is 2.30. The molecule has 1 fully saturated rings. The van der Waals surface area contributed by atoms with Gasteiger partial charge in [0.05, 0.1) is 25.9 Å². The number of anilines is 1. The molecule has 1 aliphatic rings. The molecule has 3 rings (SSSR count). The zero-order valence-electron chi connectivity index (χ0n) is 16.6. The summed E-state index contributed by atoms with van der Waals surface area (Å²) in [5.41, 5.74) is 1.32. The van der Waals surface area contributed by atoms with E-state index in [1.807, 2.05) is 18.2 Å². The Kier molecular flexibility index (Phi) is 6.76. The molecule has 1 aliphatic heterocycles. The molecule has 7 nitrogen and oxygen atoms in total. The predicted octanol–water partition coefficient (Wildman–Crippen LogP) is 2.88. The molecular weight excluding hydrogens is 392 g/mol. The Morgan fingerprint density at radius 1 is 1.10 bits per heavy atom. The molecule has 1 saturated heterocycles. The summed E-state index contributed by atoms with van der Waals surface area (Å²) in [4.78, 5) is 12.7. The Balaban J connectivity index is 1.66. The zero-order valence-corrected chi connectivity index (χ0v) is 17.4. The number of sulfonamides is 1. The summed E-state index contributed by atoms with van der Waals surface area (Å²) in [5, 5.41) is 2.86. The molecule has 29 heavy (non-hydrogen) atoms. The lowest BCUT2D eigenvalue weighted by Gasteiger charge is -2.31. The highest BCUT2D eigenvalue weighted by molar-refractivity contribution is 7.88. The number of hydrogen-bond donors (Lipinski definition) is 1. The lowest BCUT2D eigenvalue weighted by molar-refractivity contribution is -0.120. The van der Waals surface area contributed by atoms with Crippen LogP contribution in [0.3, 0.4) is 0 Å². The minimum atomic E-state index is -3.48. The molecule has 0 saturated carbocycles. The number of amides is 1. The highest BCUT2D eigenvalue weighted by atomic mass is 32.2. The standard InChI is InChI=1S/C21H26N2O5S/c1-27-19-11-10-18(13-20(19)28-2)22-21(24)17-9-6-12-23(14-17)29(25,26)15-16-7-4-3-5-8-16/h3-5,7-8,10-11,13,17H,6,9,12,14-15H2,1-2H3,(H,22,24)/t17-/m0/s1. The maximum Gasteiger partial charge on any atom is 0.228 e. The normalized spacial score (nSPS) is 17.5. The van der Waals surface area contributed by atoms with Crippen LogP contribution in [0.5, 0.6) is 11.5 Å². The molecule has 1 amide bonds. The van der Waals surface area contributed by atoms with Crippen molar-refractivity contribution in [3.63, 3.8) is 0 Å². The summed E-state index contributed by atoms with van der Waals surface area (Å²) in [7, 11) is -0.406. The van der Waals surface area contributed by atoms with Gasteiger partial charge in [0.25, 0.3) is 0 Å². The van der Waals surface area contributed by atoms with Crippen molar-refractivity contribution < 1.29 is 22.7 Å². The van der Waals surface area contributed by atoms with Crippen molar-refractivity contribution in [1.29, 1.82) is 0 Å². The quantitative estimate of drug-likeness (QED) is 0.747. The van der Waals surface area contributed by atoms with Gasteiger partial charge in [-0.1, -0.05) is 30.3 Å². The summed E-state index contributed by atoms with van der Waals surface area (Å²) in [6.45, 7) is 0.629. The van der Waals surface area contributed by atoms with Crippen LogP contribution >= 0.6 is 0 Å². The van der Waals surface area contributed by atoms with E-state index in [1.165, 1.54) is 11.4 Å². The molecule has 1 N–H and O–H groups in total. The van der Waals surface area contributed by atoms with E-state index >= 15 is 0 Å².